The van der Waals surface area contributed by atoms with Gasteiger partial charge < -0.3 is 4.74 Å². The molecular formula is C17H19N3O6S. The third-order valence-electron chi connectivity index (χ3n) is 3.69. The Kier molecular flexibility index (Phi) is 6.48. The van der Waals surface area contributed by atoms with Crippen LogP contribution >= 0.6 is 0 Å². The Bertz CT molecular complexity index is 959. The van der Waals surface area contributed by atoms with E-state index in [1.807, 2.05) is 23.9 Å². The molecule has 0 aliphatic rings. The molecule has 0 fully saturated rings. The van der Waals surface area contributed by atoms with E-state index >= 15 is 0 Å². The van der Waals surface area contributed by atoms with E-state index in [1.165, 1.54) is 19.1 Å². The van der Waals surface area contributed by atoms with Crippen LogP contribution in [0.15, 0.2) is 47.4 Å². The topological polar surface area (TPSA) is 128 Å². The Balaban J connectivity index is 1.91. The summed E-state index contributed by atoms with van der Waals surface area (Å²) in [6.45, 7) is 3.43. The van der Waals surface area contributed by atoms with Gasteiger partial charge in [-0.25, -0.2) is 8.42 Å². The number of amides is 1. The second-order valence-electron chi connectivity index (χ2n) is 5.72. The highest BCUT2D eigenvalue weighted by Crippen LogP contribution is 2.21. The number of rotatable bonds is 8. The maximum Gasteiger partial charge on any atom is 0.273 e. The fourth-order valence-electron chi connectivity index (χ4n) is 2.17. The van der Waals surface area contributed by atoms with Crippen LogP contribution in [0.25, 0.3) is 0 Å². The number of nitrogens with one attached hydrogen (secondary N) is 2. The zero-order valence-electron chi connectivity index (χ0n) is 14.8. The van der Waals surface area contributed by atoms with Crippen LogP contribution in [0.4, 0.5) is 5.69 Å². The van der Waals surface area contributed by atoms with Crippen LogP contribution in [0.1, 0.15) is 17.5 Å². The van der Waals surface area contributed by atoms with E-state index in [9.17, 15) is 23.3 Å². The molecule has 0 aliphatic heterocycles. The minimum Gasteiger partial charge on any atom is -0.493 e. The number of sulfonamides is 1. The van der Waals surface area contributed by atoms with Crippen molar-refractivity contribution >= 4 is 21.6 Å². The molecule has 10 heteroatoms. The number of nitro groups is 1. The van der Waals surface area contributed by atoms with Gasteiger partial charge in [0.1, 0.15) is 5.75 Å². The van der Waals surface area contributed by atoms with Gasteiger partial charge in [-0.15, -0.1) is 4.83 Å². The quantitative estimate of drug-likeness (QED) is 0.521. The zero-order valence-corrected chi connectivity index (χ0v) is 15.6. The first-order chi connectivity index (χ1) is 12.7. The van der Waals surface area contributed by atoms with Crippen molar-refractivity contribution in [3.63, 3.8) is 0 Å². The molecule has 2 N–H and O–H groups in total. The molecule has 144 valence electrons. The number of carbonyl (C=O) groups excluding carboxylic acids is 1. The fourth-order valence-corrected chi connectivity index (χ4v) is 3.05. The highest BCUT2D eigenvalue weighted by Gasteiger charge is 2.20. The number of nitrogens with zero attached hydrogens (tertiary/aromatic N) is 1. The molecule has 0 saturated carbocycles. The average Bonchev–Trinajstić information content (AvgIpc) is 2.61. The fraction of sp³-hybridized carbons (Fsp3) is 0.235. The van der Waals surface area contributed by atoms with Crippen LogP contribution in [0.5, 0.6) is 5.75 Å². The van der Waals surface area contributed by atoms with E-state index < -0.39 is 20.9 Å². The van der Waals surface area contributed by atoms with Gasteiger partial charge in [0.25, 0.3) is 15.7 Å². The molecule has 2 rings (SSSR count). The summed E-state index contributed by atoms with van der Waals surface area (Å²) in [4.78, 5) is 23.7. The SMILES string of the molecule is Cc1ccccc1OCCC(=O)NNS(=O)(=O)c1ccc(C)c([N+](=O)[O-])c1. The number of nitro benzene ring substituents is 1. The third-order valence-corrected chi connectivity index (χ3v) is 4.94. The van der Waals surface area contributed by atoms with E-state index in [0.717, 1.165) is 11.6 Å². The Labute approximate surface area is 156 Å². The molecule has 0 atom stereocenters. The Hall–Kier alpha value is -2.98. The first kappa shape index (κ1) is 20.3. The second kappa shape index (κ2) is 8.60. The molecule has 0 spiro atoms. The van der Waals surface area contributed by atoms with Crippen LogP contribution in [-0.4, -0.2) is 25.9 Å². The summed E-state index contributed by atoms with van der Waals surface area (Å²) in [5.74, 6) is 0.0339. The molecule has 0 bridgehead atoms. The molecule has 0 saturated heterocycles. The maximum absolute atomic E-state index is 12.2. The molecule has 27 heavy (non-hydrogen) atoms. The van der Waals surface area contributed by atoms with E-state index in [1.54, 1.807) is 12.1 Å². The van der Waals surface area contributed by atoms with Crippen molar-refractivity contribution in [1.82, 2.24) is 10.3 Å². The molecule has 0 unspecified atom stereocenters. The van der Waals surface area contributed by atoms with Gasteiger partial charge in [-0.3, -0.25) is 20.3 Å². The van der Waals surface area contributed by atoms with Crippen LogP contribution in [0, 0.1) is 24.0 Å². The van der Waals surface area contributed by atoms with Gasteiger partial charge in [0.2, 0.25) is 5.91 Å². The third kappa shape index (κ3) is 5.50. The predicted octanol–water partition coefficient (Wildman–Crippen LogP) is 1.99. The molecule has 0 aliphatic carbocycles. The number of aryl methyl sites for hydroxylation is 2. The van der Waals surface area contributed by atoms with Gasteiger partial charge in [-0.2, -0.15) is 0 Å². The second-order valence-corrected chi connectivity index (χ2v) is 7.41. The largest absolute Gasteiger partial charge is 0.493 e. The Morgan fingerprint density at radius 2 is 1.85 bits per heavy atom. The van der Waals surface area contributed by atoms with Crippen LogP contribution in [-0.2, 0) is 14.8 Å². The summed E-state index contributed by atoms with van der Waals surface area (Å²) in [6, 6.07) is 10.8. The molecule has 9 nitrogen and oxygen atoms in total. The first-order valence-corrected chi connectivity index (χ1v) is 9.43. The average molecular weight is 393 g/mol. The Morgan fingerprint density at radius 1 is 1.15 bits per heavy atom. The van der Waals surface area contributed by atoms with Gasteiger partial charge in [0, 0.05) is 11.6 Å². The van der Waals surface area contributed by atoms with E-state index in [4.69, 9.17) is 4.74 Å². The lowest BCUT2D eigenvalue weighted by atomic mass is 10.2. The monoisotopic (exact) mass is 393 g/mol. The number of carbonyl (C=O) groups is 1. The van der Waals surface area contributed by atoms with Crippen molar-refractivity contribution in [2.45, 2.75) is 25.2 Å². The van der Waals surface area contributed by atoms with Crippen molar-refractivity contribution in [2.24, 2.45) is 0 Å². The van der Waals surface area contributed by atoms with Crippen LogP contribution in [0.3, 0.4) is 0 Å². The zero-order chi connectivity index (χ0) is 20.0. The summed E-state index contributed by atoms with van der Waals surface area (Å²) < 4.78 is 29.8. The number of para-hydroxylation sites is 1. The number of benzene rings is 2. The van der Waals surface area contributed by atoms with Gasteiger partial charge in [-0.1, -0.05) is 24.3 Å². The van der Waals surface area contributed by atoms with E-state index in [0.29, 0.717) is 11.3 Å². The van der Waals surface area contributed by atoms with Crippen LogP contribution in [0.2, 0.25) is 0 Å². The van der Waals surface area contributed by atoms with E-state index in [-0.39, 0.29) is 23.6 Å². The molecule has 2 aromatic rings. The van der Waals surface area contributed by atoms with Crippen molar-refractivity contribution in [2.75, 3.05) is 6.61 Å². The number of hydrogen-bond donors (Lipinski definition) is 2. The smallest absolute Gasteiger partial charge is 0.273 e. The Morgan fingerprint density at radius 3 is 2.52 bits per heavy atom. The predicted molar refractivity (Wildman–Crippen MR) is 97.6 cm³/mol. The lowest BCUT2D eigenvalue weighted by Crippen LogP contribution is -2.42. The minimum absolute atomic E-state index is 0.0639. The molecule has 0 heterocycles. The molecule has 0 aromatic heterocycles. The number of hydrazine groups is 1. The maximum atomic E-state index is 12.2. The molecule has 1 amide bonds. The summed E-state index contributed by atoms with van der Waals surface area (Å²) in [5, 5.41) is 10.9. The summed E-state index contributed by atoms with van der Waals surface area (Å²) >= 11 is 0. The highest BCUT2D eigenvalue weighted by molar-refractivity contribution is 7.89. The highest BCUT2D eigenvalue weighted by atomic mass is 32.2. The molecule has 0 radical (unpaired) electrons. The molecular weight excluding hydrogens is 374 g/mol. The van der Waals surface area contributed by atoms with Crippen molar-refractivity contribution in [3.05, 3.63) is 63.7 Å². The lowest BCUT2D eigenvalue weighted by Gasteiger charge is -2.10. The lowest BCUT2D eigenvalue weighted by molar-refractivity contribution is -0.385. The van der Waals surface area contributed by atoms with Gasteiger partial charge in [-0.05, 0) is 31.5 Å². The number of hydrogen-bond acceptors (Lipinski definition) is 6. The van der Waals surface area contributed by atoms with Gasteiger partial charge >= 0.3 is 0 Å². The summed E-state index contributed by atoms with van der Waals surface area (Å²) in [7, 11) is -4.14. The summed E-state index contributed by atoms with van der Waals surface area (Å²) in [6.07, 6.45) is -0.0785. The van der Waals surface area contributed by atoms with Crippen molar-refractivity contribution in [1.29, 1.82) is 0 Å². The summed E-state index contributed by atoms with van der Waals surface area (Å²) in [5.41, 5.74) is 2.98. The normalized spacial score (nSPS) is 11.0. The molecule has 2 aromatic carbocycles. The first-order valence-electron chi connectivity index (χ1n) is 7.95. The standard InChI is InChI=1S/C17H19N3O6S/c1-12-7-8-14(11-15(12)20(22)23)27(24,25)19-18-17(21)9-10-26-16-6-4-3-5-13(16)2/h3-8,11,19H,9-10H2,1-2H3,(H,18,21). The van der Waals surface area contributed by atoms with Crippen LogP contribution < -0.4 is 15.0 Å². The van der Waals surface area contributed by atoms with Crippen molar-refractivity contribution < 1.29 is 22.9 Å². The van der Waals surface area contributed by atoms with E-state index in [2.05, 4.69) is 5.43 Å². The van der Waals surface area contributed by atoms with Gasteiger partial charge in [0.15, 0.2) is 0 Å². The number of ether oxygens (including phenoxy) is 1. The van der Waals surface area contributed by atoms with Gasteiger partial charge in [0.05, 0.1) is 22.8 Å². The minimum atomic E-state index is -4.14. The van der Waals surface area contributed by atoms with Crippen molar-refractivity contribution in [3.8, 4) is 5.75 Å².